The predicted molar refractivity (Wildman–Crippen MR) is 99.7 cm³/mol. The molecule has 1 N–H and O–H groups in total. The molecule has 1 aromatic carbocycles. The number of likely N-dealkylation sites (tertiary alicyclic amines) is 1. The van der Waals surface area contributed by atoms with Crippen molar-refractivity contribution in [2.24, 2.45) is 5.92 Å². The third kappa shape index (κ3) is 4.83. The Labute approximate surface area is 151 Å². The Kier molecular flexibility index (Phi) is 6.11. The fourth-order valence-corrected chi connectivity index (χ4v) is 3.88. The predicted octanol–water partition coefficient (Wildman–Crippen LogP) is 4.01. The fourth-order valence-electron chi connectivity index (χ4n) is 3.88. The number of carbonyl (C=O) groups is 2. The first-order valence-electron chi connectivity index (χ1n) is 9.83. The SMILES string of the molecule is CC1CCN(C(=O)c2cccc(C(=O)NC3CCCCCC3)c2)CC1. The minimum atomic E-state index is -0.0474. The van der Waals surface area contributed by atoms with E-state index in [2.05, 4.69) is 12.2 Å². The lowest BCUT2D eigenvalue weighted by atomic mass is 9.98. The monoisotopic (exact) mass is 342 g/mol. The van der Waals surface area contributed by atoms with Crippen molar-refractivity contribution >= 4 is 11.8 Å². The lowest BCUT2D eigenvalue weighted by Crippen LogP contribution is -2.38. The van der Waals surface area contributed by atoms with Crippen LogP contribution in [0.4, 0.5) is 0 Å². The van der Waals surface area contributed by atoms with Gasteiger partial charge in [-0.3, -0.25) is 9.59 Å². The number of hydrogen-bond acceptors (Lipinski definition) is 2. The molecule has 3 rings (SSSR count). The topological polar surface area (TPSA) is 49.4 Å². The molecule has 2 amide bonds. The second kappa shape index (κ2) is 8.50. The average Bonchev–Trinajstić information content (AvgIpc) is 2.90. The standard InChI is InChI=1S/C21H30N2O2/c1-16-11-13-23(14-12-16)21(25)18-8-6-7-17(15-18)20(24)22-19-9-4-2-3-5-10-19/h6-8,15-16,19H,2-5,9-14H2,1H3,(H,22,24). The molecule has 2 fully saturated rings. The van der Waals surface area contributed by atoms with E-state index in [0.29, 0.717) is 17.0 Å². The highest BCUT2D eigenvalue weighted by Crippen LogP contribution is 2.20. The Morgan fingerprint density at radius 2 is 1.60 bits per heavy atom. The van der Waals surface area contributed by atoms with Gasteiger partial charge in [0.05, 0.1) is 0 Å². The van der Waals surface area contributed by atoms with Crippen LogP contribution in [-0.4, -0.2) is 35.8 Å². The van der Waals surface area contributed by atoms with E-state index < -0.39 is 0 Å². The van der Waals surface area contributed by atoms with Gasteiger partial charge in [0.25, 0.3) is 11.8 Å². The minimum absolute atomic E-state index is 0.0474. The zero-order chi connectivity index (χ0) is 17.6. The highest BCUT2D eigenvalue weighted by atomic mass is 16.2. The maximum atomic E-state index is 12.7. The number of carbonyl (C=O) groups excluding carboxylic acids is 2. The summed E-state index contributed by atoms with van der Waals surface area (Å²) in [5, 5.41) is 3.16. The molecule has 1 heterocycles. The molecule has 4 nitrogen and oxygen atoms in total. The molecule has 4 heteroatoms. The van der Waals surface area contributed by atoms with E-state index in [1.165, 1.54) is 25.7 Å². The number of piperidine rings is 1. The number of nitrogens with zero attached hydrogens (tertiary/aromatic N) is 1. The average molecular weight is 342 g/mol. The molecule has 0 spiro atoms. The normalized spacial score (nSPS) is 20.1. The molecule has 136 valence electrons. The van der Waals surface area contributed by atoms with Crippen LogP contribution in [-0.2, 0) is 0 Å². The lowest BCUT2D eigenvalue weighted by molar-refractivity contribution is 0.0697. The third-order valence-corrected chi connectivity index (χ3v) is 5.63. The van der Waals surface area contributed by atoms with E-state index in [1.54, 1.807) is 12.1 Å². The summed E-state index contributed by atoms with van der Waals surface area (Å²) in [5.74, 6) is 0.700. The van der Waals surface area contributed by atoms with Crippen molar-refractivity contribution in [1.82, 2.24) is 10.2 Å². The first-order chi connectivity index (χ1) is 12.1. The molecule has 0 unspecified atom stereocenters. The van der Waals surface area contributed by atoms with Crippen LogP contribution in [0.3, 0.4) is 0 Å². The van der Waals surface area contributed by atoms with E-state index in [1.807, 2.05) is 17.0 Å². The van der Waals surface area contributed by atoms with Gasteiger partial charge in [-0.25, -0.2) is 0 Å². The second-order valence-electron chi connectivity index (χ2n) is 7.72. The zero-order valence-electron chi connectivity index (χ0n) is 15.3. The van der Waals surface area contributed by atoms with E-state index in [0.717, 1.165) is 38.8 Å². The maximum Gasteiger partial charge on any atom is 0.253 e. The minimum Gasteiger partial charge on any atom is -0.349 e. The summed E-state index contributed by atoms with van der Waals surface area (Å²) in [6.45, 7) is 3.87. The summed E-state index contributed by atoms with van der Waals surface area (Å²) in [7, 11) is 0. The van der Waals surface area contributed by atoms with Gasteiger partial charge < -0.3 is 10.2 Å². The molecule has 1 aromatic rings. The van der Waals surface area contributed by atoms with Crippen molar-refractivity contribution in [1.29, 1.82) is 0 Å². The molecule has 0 radical (unpaired) electrons. The molecule has 0 bridgehead atoms. The van der Waals surface area contributed by atoms with E-state index in [9.17, 15) is 9.59 Å². The van der Waals surface area contributed by atoms with Crippen LogP contribution in [0.2, 0.25) is 0 Å². The number of nitrogens with one attached hydrogen (secondary N) is 1. The van der Waals surface area contributed by atoms with E-state index >= 15 is 0 Å². The molecule has 1 saturated heterocycles. The Hall–Kier alpha value is -1.84. The first kappa shape index (κ1) is 18.0. The van der Waals surface area contributed by atoms with E-state index in [4.69, 9.17) is 0 Å². The largest absolute Gasteiger partial charge is 0.349 e. The van der Waals surface area contributed by atoms with Crippen molar-refractivity contribution in [2.75, 3.05) is 13.1 Å². The number of hydrogen-bond donors (Lipinski definition) is 1. The molecule has 0 atom stereocenters. The van der Waals surface area contributed by atoms with Crippen LogP contribution in [0.5, 0.6) is 0 Å². The summed E-state index contributed by atoms with van der Waals surface area (Å²) in [4.78, 5) is 27.2. The van der Waals surface area contributed by atoms with Gasteiger partial charge >= 0.3 is 0 Å². The summed E-state index contributed by atoms with van der Waals surface area (Å²) in [6, 6.07) is 7.48. The summed E-state index contributed by atoms with van der Waals surface area (Å²) < 4.78 is 0. The number of benzene rings is 1. The van der Waals surface area contributed by atoms with Crippen LogP contribution in [0.1, 0.15) is 79.0 Å². The smallest absolute Gasteiger partial charge is 0.253 e. The molecule has 2 aliphatic rings. The maximum absolute atomic E-state index is 12.7. The zero-order valence-corrected chi connectivity index (χ0v) is 15.3. The Morgan fingerprint density at radius 1 is 0.960 bits per heavy atom. The Morgan fingerprint density at radius 3 is 2.28 bits per heavy atom. The molecule has 1 aliphatic heterocycles. The molecular weight excluding hydrogens is 312 g/mol. The summed E-state index contributed by atoms with van der Waals surface area (Å²) >= 11 is 0. The quantitative estimate of drug-likeness (QED) is 0.844. The Balaban J connectivity index is 1.64. The van der Waals surface area contributed by atoms with E-state index in [-0.39, 0.29) is 17.9 Å². The Bertz CT molecular complexity index is 598. The van der Waals surface area contributed by atoms with Crippen LogP contribution in [0.15, 0.2) is 24.3 Å². The third-order valence-electron chi connectivity index (χ3n) is 5.63. The number of amides is 2. The van der Waals surface area contributed by atoms with Crippen LogP contribution in [0, 0.1) is 5.92 Å². The van der Waals surface area contributed by atoms with Crippen LogP contribution in [0.25, 0.3) is 0 Å². The van der Waals surface area contributed by atoms with Gasteiger partial charge in [0, 0.05) is 30.3 Å². The van der Waals surface area contributed by atoms with Gasteiger partial charge in [-0.1, -0.05) is 38.7 Å². The molecular formula is C21H30N2O2. The van der Waals surface area contributed by atoms with Gasteiger partial charge in [0.15, 0.2) is 0 Å². The van der Waals surface area contributed by atoms with Crippen molar-refractivity contribution in [3.63, 3.8) is 0 Å². The highest BCUT2D eigenvalue weighted by Gasteiger charge is 2.22. The van der Waals surface area contributed by atoms with Gasteiger partial charge in [0.2, 0.25) is 0 Å². The van der Waals surface area contributed by atoms with Crippen molar-refractivity contribution in [3.05, 3.63) is 35.4 Å². The van der Waals surface area contributed by atoms with Crippen LogP contribution < -0.4 is 5.32 Å². The van der Waals surface area contributed by atoms with Crippen LogP contribution >= 0.6 is 0 Å². The van der Waals surface area contributed by atoms with Gasteiger partial charge in [0.1, 0.15) is 0 Å². The second-order valence-corrected chi connectivity index (χ2v) is 7.72. The fraction of sp³-hybridized carbons (Fsp3) is 0.619. The lowest BCUT2D eigenvalue weighted by Gasteiger charge is -2.30. The van der Waals surface area contributed by atoms with Crippen molar-refractivity contribution in [2.45, 2.75) is 64.3 Å². The van der Waals surface area contributed by atoms with Gasteiger partial charge in [-0.15, -0.1) is 0 Å². The number of rotatable bonds is 3. The molecule has 25 heavy (non-hydrogen) atoms. The van der Waals surface area contributed by atoms with Gasteiger partial charge in [-0.2, -0.15) is 0 Å². The first-order valence-corrected chi connectivity index (χ1v) is 9.83. The summed E-state index contributed by atoms with van der Waals surface area (Å²) in [5.41, 5.74) is 1.23. The molecule has 1 saturated carbocycles. The van der Waals surface area contributed by atoms with Crippen molar-refractivity contribution < 1.29 is 9.59 Å². The molecule has 1 aliphatic carbocycles. The molecule has 0 aromatic heterocycles. The summed E-state index contributed by atoms with van der Waals surface area (Å²) in [6.07, 6.45) is 9.18. The highest BCUT2D eigenvalue weighted by molar-refractivity contribution is 5.99. The van der Waals surface area contributed by atoms with Crippen molar-refractivity contribution in [3.8, 4) is 0 Å². The van der Waals surface area contributed by atoms with Gasteiger partial charge in [-0.05, 0) is 49.8 Å².